The van der Waals surface area contributed by atoms with Gasteiger partial charge in [0.1, 0.15) is 5.75 Å². The lowest BCUT2D eigenvalue weighted by molar-refractivity contribution is -0.151. The lowest BCUT2D eigenvalue weighted by Crippen LogP contribution is -2.28. The number of amides is 2. The fourth-order valence-corrected chi connectivity index (χ4v) is 3.36. The van der Waals surface area contributed by atoms with Gasteiger partial charge in [-0.25, -0.2) is 0 Å². The largest absolute Gasteiger partial charge is 0.494 e. The highest BCUT2D eigenvalue weighted by atomic mass is 16.5. The van der Waals surface area contributed by atoms with Crippen molar-refractivity contribution in [2.45, 2.75) is 27.2 Å². The van der Waals surface area contributed by atoms with Crippen LogP contribution in [0.3, 0.4) is 0 Å². The average Bonchev–Trinajstić information content (AvgIpc) is 3.11. The maximum absolute atomic E-state index is 12.4. The fourth-order valence-electron chi connectivity index (χ4n) is 3.36. The Hall–Kier alpha value is -3.35. The van der Waals surface area contributed by atoms with E-state index < -0.39 is 24.4 Å². The Balaban J connectivity index is 1.52. The zero-order valence-corrected chi connectivity index (χ0v) is 17.4. The maximum atomic E-state index is 12.4. The monoisotopic (exact) mass is 410 g/mol. The standard InChI is InChI=1S/C23H26N2O5/c1-4-29-19-9-7-18(8-10-19)24-21(26)14-30-23(28)17-12-22(27)25(13-17)20-11-15(2)5-6-16(20)3/h5-11,17H,4,12-14H2,1-3H3,(H,24,26)/t17-/m1/s1. The number of carbonyl (C=O) groups is 3. The summed E-state index contributed by atoms with van der Waals surface area (Å²) in [7, 11) is 0. The van der Waals surface area contributed by atoms with Gasteiger partial charge in [0.2, 0.25) is 5.91 Å². The van der Waals surface area contributed by atoms with Crippen LogP contribution in [0.15, 0.2) is 42.5 Å². The lowest BCUT2D eigenvalue weighted by atomic mass is 10.1. The van der Waals surface area contributed by atoms with E-state index >= 15 is 0 Å². The topological polar surface area (TPSA) is 84.9 Å². The lowest BCUT2D eigenvalue weighted by Gasteiger charge is -2.19. The van der Waals surface area contributed by atoms with Crippen LogP contribution >= 0.6 is 0 Å². The van der Waals surface area contributed by atoms with E-state index in [1.54, 1.807) is 29.2 Å². The summed E-state index contributed by atoms with van der Waals surface area (Å²) in [6, 6.07) is 12.8. The molecule has 0 bridgehead atoms. The molecule has 2 amide bonds. The van der Waals surface area contributed by atoms with Gasteiger partial charge in [-0.2, -0.15) is 0 Å². The van der Waals surface area contributed by atoms with Crippen molar-refractivity contribution >= 4 is 29.2 Å². The smallest absolute Gasteiger partial charge is 0.311 e. The minimum atomic E-state index is -0.587. The van der Waals surface area contributed by atoms with Crippen molar-refractivity contribution in [2.75, 3.05) is 30.0 Å². The number of anilines is 2. The van der Waals surface area contributed by atoms with Crippen LogP contribution in [-0.2, 0) is 19.1 Å². The van der Waals surface area contributed by atoms with Gasteiger partial charge in [0.25, 0.3) is 5.91 Å². The van der Waals surface area contributed by atoms with E-state index in [0.29, 0.717) is 18.0 Å². The minimum absolute atomic E-state index is 0.0761. The molecule has 1 fully saturated rings. The Morgan fingerprint density at radius 1 is 1.13 bits per heavy atom. The molecule has 1 aliphatic rings. The number of benzene rings is 2. The summed E-state index contributed by atoms with van der Waals surface area (Å²) >= 11 is 0. The second kappa shape index (κ2) is 9.43. The molecule has 0 aliphatic carbocycles. The van der Waals surface area contributed by atoms with Gasteiger partial charge in [0, 0.05) is 24.3 Å². The van der Waals surface area contributed by atoms with E-state index in [2.05, 4.69) is 5.32 Å². The molecule has 0 aromatic heterocycles. The molecule has 7 nitrogen and oxygen atoms in total. The van der Waals surface area contributed by atoms with Crippen LogP contribution in [0, 0.1) is 19.8 Å². The van der Waals surface area contributed by atoms with Crippen LogP contribution in [-0.4, -0.2) is 37.5 Å². The highest BCUT2D eigenvalue weighted by molar-refractivity contribution is 6.00. The van der Waals surface area contributed by atoms with Crippen molar-refractivity contribution < 1.29 is 23.9 Å². The molecule has 30 heavy (non-hydrogen) atoms. The van der Waals surface area contributed by atoms with Gasteiger partial charge in [0.15, 0.2) is 6.61 Å². The number of rotatable bonds is 7. The van der Waals surface area contributed by atoms with Gasteiger partial charge in [0.05, 0.1) is 12.5 Å². The molecule has 7 heteroatoms. The first-order valence-corrected chi connectivity index (χ1v) is 9.94. The first kappa shape index (κ1) is 21.4. The zero-order chi connectivity index (χ0) is 21.7. The predicted molar refractivity (Wildman–Crippen MR) is 114 cm³/mol. The van der Waals surface area contributed by atoms with Crippen molar-refractivity contribution in [1.29, 1.82) is 0 Å². The summed E-state index contributed by atoms with van der Waals surface area (Å²) in [5, 5.41) is 2.67. The van der Waals surface area contributed by atoms with Crippen LogP contribution in [0.2, 0.25) is 0 Å². The molecule has 1 N–H and O–H groups in total. The second-order valence-corrected chi connectivity index (χ2v) is 7.31. The van der Waals surface area contributed by atoms with Crippen LogP contribution in [0.5, 0.6) is 5.75 Å². The molecule has 1 atom stereocenters. The molecular formula is C23H26N2O5. The summed E-state index contributed by atoms with van der Waals surface area (Å²) in [4.78, 5) is 38.5. The number of aryl methyl sites for hydroxylation is 2. The van der Waals surface area contributed by atoms with E-state index in [1.165, 1.54) is 0 Å². The molecule has 158 valence electrons. The van der Waals surface area contributed by atoms with Crippen molar-refractivity contribution in [2.24, 2.45) is 5.92 Å². The van der Waals surface area contributed by atoms with E-state index in [9.17, 15) is 14.4 Å². The van der Waals surface area contributed by atoms with Gasteiger partial charge in [-0.1, -0.05) is 12.1 Å². The maximum Gasteiger partial charge on any atom is 0.311 e. The number of nitrogens with zero attached hydrogens (tertiary/aromatic N) is 1. The van der Waals surface area contributed by atoms with Gasteiger partial charge in [-0.3, -0.25) is 14.4 Å². The molecule has 0 saturated carbocycles. The fraction of sp³-hybridized carbons (Fsp3) is 0.348. The zero-order valence-electron chi connectivity index (χ0n) is 17.4. The Morgan fingerprint density at radius 2 is 1.87 bits per heavy atom. The predicted octanol–water partition coefficient (Wildman–Crippen LogP) is 3.24. The highest BCUT2D eigenvalue weighted by Gasteiger charge is 2.36. The van der Waals surface area contributed by atoms with Gasteiger partial charge < -0.3 is 19.7 Å². The Kier molecular flexibility index (Phi) is 6.72. The minimum Gasteiger partial charge on any atom is -0.494 e. The summed E-state index contributed by atoms with van der Waals surface area (Å²) in [6.45, 7) is 6.19. The van der Waals surface area contributed by atoms with Crippen LogP contribution in [0.4, 0.5) is 11.4 Å². The number of ether oxygens (including phenoxy) is 2. The van der Waals surface area contributed by atoms with Crippen LogP contribution in [0.1, 0.15) is 24.5 Å². The van der Waals surface area contributed by atoms with Crippen LogP contribution < -0.4 is 15.0 Å². The van der Waals surface area contributed by atoms with Gasteiger partial charge in [-0.15, -0.1) is 0 Å². The van der Waals surface area contributed by atoms with Crippen molar-refractivity contribution in [1.82, 2.24) is 0 Å². The van der Waals surface area contributed by atoms with Gasteiger partial charge in [-0.05, 0) is 62.2 Å². The Morgan fingerprint density at radius 3 is 2.57 bits per heavy atom. The summed E-state index contributed by atoms with van der Waals surface area (Å²) in [5.74, 6) is -0.984. The molecule has 2 aromatic carbocycles. The molecule has 0 spiro atoms. The summed E-state index contributed by atoms with van der Waals surface area (Å²) < 4.78 is 10.5. The van der Waals surface area contributed by atoms with Crippen molar-refractivity contribution in [3.8, 4) is 5.75 Å². The third-order valence-electron chi connectivity index (χ3n) is 4.91. The first-order chi connectivity index (χ1) is 14.4. The first-order valence-electron chi connectivity index (χ1n) is 9.94. The summed E-state index contributed by atoms with van der Waals surface area (Å²) in [5.41, 5.74) is 3.40. The SMILES string of the molecule is CCOc1ccc(NC(=O)COC(=O)[C@@H]2CC(=O)N(c3cc(C)ccc3C)C2)cc1. The van der Waals surface area contributed by atoms with E-state index in [4.69, 9.17) is 9.47 Å². The Labute approximate surface area is 176 Å². The van der Waals surface area contributed by atoms with Crippen LogP contribution in [0.25, 0.3) is 0 Å². The molecule has 0 unspecified atom stereocenters. The van der Waals surface area contributed by atoms with Crippen molar-refractivity contribution in [3.05, 3.63) is 53.6 Å². The second-order valence-electron chi connectivity index (χ2n) is 7.31. The van der Waals surface area contributed by atoms with Gasteiger partial charge >= 0.3 is 5.97 Å². The molecule has 0 radical (unpaired) electrons. The third kappa shape index (κ3) is 5.17. The quantitative estimate of drug-likeness (QED) is 0.709. The number of nitrogens with one attached hydrogen (secondary N) is 1. The van der Waals surface area contributed by atoms with E-state index in [1.807, 2.05) is 39.0 Å². The molecule has 1 heterocycles. The summed E-state index contributed by atoms with van der Waals surface area (Å²) in [6.07, 6.45) is 0.0761. The molecular weight excluding hydrogens is 384 g/mol. The van der Waals surface area contributed by atoms with Crippen molar-refractivity contribution in [3.63, 3.8) is 0 Å². The highest BCUT2D eigenvalue weighted by Crippen LogP contribution is 2.29. The number of hydrogen-bond acceptors (Lipinski definition) is 5. The molecule has 1 aliphatic heterocycles. The number of carbonyl (C=O) groups excluding carboxylic acids is 3. The van der Waals surface area contributed by atoms with E-state index in [-0.39, 0.29) is 18.9 Å². The molecule has 3 rings (SSSR count). The molecule has 2 aromatic rings. The molecule has 1 saturated heterocycles. The third-order valence-corrected chi connectivity index (χ3v) is 4.91. The average molecular weight is 410 g/mol. The Bertz CT molecular complexity index is 939. The van der Waals surface area contributed by atoms with E-state index in [0.717, 1.165) is 16.8 Å². The number of hydrogen-bond donors (Lipinski definition) is 1. The number of esters is 1. The normalized spacial score (nSPS) is 15.8.